The molecule has 2 N–H and O–H groups in total. The minimum atomic E-state index is 0.449. The average Bonchev–Trinajstić information content (AvgIpc) is 1.68. The molecule has 0 aromatic carbocycles. The highest BCUT2D eigenvalue weighted by atomic mass is 14.8. The van der Waals surface area contributed by atoms with Crippen LogP contribution in [0.25, 0.3) is 0 Å². The van der Waals surface area contributed by atoms with Gasteiger partial charge in [-0.05, 0) is 6.92 Å². The summed E-state index contributed by atoms with van der Waals surface area (Å²) in [5.74, 6) is 0. The smallest absolute Gasteiger partial charge is 0.0463 e. The molecule has 0 aliphatic heterocycles. The van der Waals surface area contributed by atoms with Crippen LogP contribution in [0.5, 0.6) is 0 Å². The molecule has 0 saturated heterocycles. The SMILES string of the molecule is C=C(CN)/N=C\C. The fraction of sp³-hybridized carbons (Fsp3) is 0.400. The quantitative estimate of drug-likeness (QED) is 0.503. The van der Waals surface area contributed by atoms with Crippen LogP contribution < -0.4 is 5.73 Å². The van der Waals surface area contributed by atoms with Crippen molar-refractivity contribution in [2.75, 3.05) is 6.54 Å². The molecule has 0 aliphatic rings. The molecule has 2 heteroatoms. The molecule has 0 saturated carbocycles. The number of hydrogen-bond acceptors (Lipinski definition) is 2. The lowest BCUT2D eigenvalue weighted by molar-refractivity contribution is 1.12. The first-order chi connectivity index (χ1) is 3.31. The molecule has 7 heavy (non-hydrogen) atoms. The minimum absolute atomic E-state index is 0.449. The Kier molecular flexibility index (Phi) is 3.24. The highest BCUT2D eigenvalue weighted by Gasteiger charge is 1.76. The van der Waals surface area contributed by atoms with Gasteiger partial charge in [0.25, 0.3) is 0 Å². The lowest BCUT2D eigenvalue weighted by Crippen LogP contribution is -1.98. The summed E-state index contributed by atoms with van der Waals surface area (Å²) in [6, 6.07) is 0. The van der Waals surface area contributed by atoms with E-state index < -0.39 is 0 Å². The predicted molar refractivity (Wildman–Crippen MR) is 32.4 cm³/mol. The van der Waals surface area contributed by atoms with Crippen LogP contribution in [0.1, 0.15) is 6.92 Å². The number of nitrogens with two attached hydrogens (primary N) is 1. The molecule has 0 fully saturated rings. The van der Waals surface area contributed by atoms with Crippen LogP contribution in [0.3, 0.4) is 0 Å². The summed E-state index contributed by atoms with van der Waals surface area (Å²) in [7, 11) is 0. The Morgan fingerprint density at radius 3 is 2.71 bits per heavy atom. The first kappa shape index (κ1) is 6.37. The highest BCUT2D eigenvalue weighted by molar-refractivity contribution is 5.55. The van der Waals surface area contributed by atoms with Gasteiger partial charge in [-0.3, -0.25) is 4.99 Å². The number of hydrogen-bond donors (Lipinski definition) is 1. The van der Waals surface area contributed by atoms with Crippen molar-refractivity contribution >= 4 is 6.21 Å². The molecule has 0 amide bonds. The van der Waals surface area contributed by atoms with E-state index in [4.69, 9.17) is 5.73 Å². The summed E-state index contributed by atoms with van der Waals surface area (Å²) < 4.78 is 0. The van der Waals surface area contributed by atoms with Crippen molar-refractivity contribution in [1.82, 2.24) is 0 Å². The van der Waals surface area contributed by atoms with Crippen molar-refractivity contribution in [1.29, 1.82) is 0 Å². The largest absolute Gasteiger partial charge is 0.325 e. The van der Waals surface area contributed by atoms with Gasteiger partial charge in [0.2, 0.25) is 0 Å². The summed E-state index contributed by atoms with van der Waals surface area (Å²) in [5, 5.41) is 0. The van der Waals surface area contributed by atoms with Gasteiger partial charge in [0.15, 0.2) is 0 Å². The summed E-state index contributed by atoms with van der Waals surface area (Å²) in [4.78, 5) is 3.80. The first-order valence-corrected chi connectivity index (χ1v) is 2.17. The topological polar surface area (TPSA) is 38.4 Å². The third kappa shape index (κ3) is 3.19. The second-order valence-electron chi connectivity index (χ2n) is 1.16. The van der Waals surface area contributed by atoms with Gasteiger partial charge < -0.3 is 5.73 Å². The van der Waals surface area contributed by atoms with Gasteiger partial charge in [0.05, 0.1) is 0 Å². The zero-order valence-electron chi connectivity index (χ0n) is 4.52. The molecule has 0 radical (unpaired) electrons. The normalized spacial score (nSPS) is 10.0. The molecule has 0 atom stereocenters. The average molecular weight is 98.1 g/mol. The van der Waals surface area contributed by atoms with Gasteiger partial charge in [0, 0.05) is 18.5 Å². The van der Waals surface area contributed by atoms with Gasteiger partial charge in [-0.2, -0.15) is 0 Å². The summed E-state index contributed by atoms with van der Waals surface area (Å²) in [6.07, 6.45) is 1.68. The Labute approximate surface area is 43.7 Å². The van der Waals surface area contributed by atoms with Crippen molar-refractivity contribution < 1.29 is 0 Å². The Morgan fingerprint density at radius 2 is 2.57 bits per heavy atom. The maximum atomic E-state index is 5.14. The van der Waals surface area contributed by atoms with Crippen molar-refractivity contribution in [2.24, 2.45) is 10.7 Å². The van der Waals surface area contributed by atoms with E-state index in [1.54, 1.807) is 6.21 Å². The van der Waals surface area contributed by atoms with Crippen LogP contribution >= 0.6 is 0 Å². The molecule has 0 aliphatic carbocycles. The van der Waals surface area contributed by atoms with Crippen LogP contribution in [0.4, 0.5) is 0 Å². The Balaban J connectivity index is 3.37. The lowest BCUT2D eigenvalue weighted by atomic mass is 10.5. The lowest BCUT2D eigenvalue weighted by Gasteiger charge is -1.86. The molecule has 40 valence electrons. The van der Waals surface area contributed by atoms with E-state index >= 15 is 0 Å². The van der Waals surface area contributed by atoms with E-state index in [1.807, 2.05) is 6.92 Å². The van der Waals surface area contributed by atoms with Crippen molar-refractivity contribution in [3.05, 3.63) is 12.3 Å². The van der Waals surface area contributed by atoms with E-state index in [0.29, 0.717) is 6.54 Å². The summed E-state index contributed by atoms with van der Waals surface area (Å²) in [6.45, 7) is 5.82. The number of aliphatic imine (C=N–C) groups is 1. The third-order valence-corrected chi connectivity index (χ3v) is 0.547. The number of nitrogens with zero attached hydrogens (tertiary/aromatic N) is 1. The van der Waals surface area contributed by atoms with E-state index in [2.05, 4.69) is 11.6 Å². The van der Waals surface area contributed by atoms with Gasteiger partial charge in [-0.25, -0.2) is 0 Å². The maximum absolute atomic E-state index is 5.14. The molecule has 0 aromatic heterocycles. The summed E-state index contributed by atoms with van der Waals surface area (Å²) in [5.41, 5.74) is 5.87. The molecule has 0 bridgehead atoms. The second-order valence-corrected chi connectivity index (χ2v) is 1.16. The van der Waals surface area contributed by atoms with Gasteiger partial charge >= 0.3 is 0 Å². The Morgan fingerprint density at radius 1 is 2.00 bits per heavy atom. The standard InChI is InChI=1S/C5H10N2/c1-3-7-5(2)4-6/h3H,2,4,6H2,1H3/b7-3-. The summed E-state index contributed by atoms with van der Waals surface area (Å²) >= 11 is 0. The molecule has 0 heterocycles. The first-order valence-electron chi connectivity index (χ1n) is 2.17. The van der Waals surface area contributed by atoms with Crippen molar-refractivity contribution in [3.8, 4) is 0 Å². The van der Waals surface area contributed by atoms with E-state index in [9.17, 15) is 0 Å². The molecule has 0 rings (SSSR count). The molecular formula is C5H10N2. The van der Waals surface area contributed by atoms with E-state index in [-0.39, 0.29) is 0 Å². The van der Waals surface area contributed by atoms with Crippen LogP contribution in [-0.4, -0.2) is 12.8 Å². The molecule has 0 spiro atoms. The van der Waals surface area contributed by atoms with E-state index in [0.717, 1.165) is 5.70 Å². The van der Waals surface area contributed by atoms with Crippen LogP contribution in [0, 0.1) is 0 Å². The van der Waals surface area contributed by atoms with Crippen LogP contribution in [-0.2, 0) is 0 Å². The van der Waals surface area contributed by atoms with Crippen molar-refractivity contribution in [3.63, 3.8) is 0 Å². The van der Waals surface area contributed by atoms with Gasteiger partial charge in [-0.1, -0.05) is 6.58 Å². The Bertz CT molecular complexity index is 84.1. The molecule has 0 aromatic rings. The fourth-order valence-corrected chi connectivity index (χ4v) is 0.235. The van der Waals surface area contributed by atoms with Gasteiger partial charge in [-0.15, -0.1) is 0 Å². The Hall–Kier alpha value is -0.630. The third-order valence-electron chi connectivity index (χ3n) is 0.547. The highest BCUT2D eigenvalue weighted by Crippen LogP contribution is 1.82. The fourth-order valence-electron chi connectivity index (χ4n) is 0.235. The van der Waals surface area contributed by atoms with Crippen LogP contribution in [0.15, 0.2) is 17.3 Å². The molecule has 2 nitrogen and oxygen atoms in total. The minimum Gasteiger partial charge on any atom is -0.325 e. The zero-order valence-corrected chi connectivity index (χ0v) is 4.52. The van der Waals surface area contributed by atoms with Crippen molar-refractivity contribution in [2.45, 2.75) is 6.92 Å². The zero-order chi connectivity index (χ0) is 5.70. The monoisotopic (exact) mass is 98.1 g/mol. The van der Waals surface area contributed by atoms with E-state index in [1.165, 1.54) is 0 Å². The maximum Gasteiger partial charge on any atom is 0.0463 e. The van der Waals surface area contributed by atoms with Crippen LogP contribution in [0.2, 0.25) is 0 Å². The molecule has 0 unspecified atom stereocenters. The molecular weight excluding hydrogens is 88.1 g/mol. The number of rotatable bonds is 2. The second kappa shape index (κ2) is 3.56. The predicted octanol–water partition coefficient (Wildman–Crippen LogP) is 0.550. The van der Waals surface area contributed by atoms with Gasteiger partial charge in [0.1, 0.15) is 0 Å².